The van der Waals surface area contributed by atoms with E-state index in [0.29, 0.717) is 16.7 Å². The van der Waals surface area contributed by atoms with E-state index in [1.807, 2.05) is 12.1 Å². The summed E-state index contributed by atoms with van der Waals surface area (Å²) in [5, 5.41) is 0. The van der Waals surface area contributed by atoms with Crippen LogP contribution in [0.3, 0.4) is 0 Å². The lowest BCUT2D eigenvalue weighted by molar-refractivity contribution is 0.174. The van der Waals surface area contributed by atoms with Crippen molar-refractivity contribution >= 4 is 17.2 Å². The highest BCUT2D eigenvalue weighted by Gasteiger charge is 2.13. The maximum Gasteiger partial charge on any atom is 0.122 e. The Balaban J connectivity index is 2.75. The molecule has 1 rings (SSSR count). The van der Waals surface area contributed by atoms with Crippen LogP contribution in [-0.2, 0) is 6.54 Å². The van der Waals surface area contributed by atoms with Crippen LogP contribution >= 0.6 is 12.2 Å². The highest BCUT2D eigenvalue weighted by atomic mass is 32.1. The summed E-state index contributed by atoms with van der Waals surface area (Å²) in [5.41, 5.74) is 7.52. The Bertz CT molecular complexity index is 420. The minimum atomic E-state index is 0.353. The topological polar surface area (TPSA) is 45.4 Å². The summed E-state index contributed by atoms with van der Waals surface area (Å²) in [7, 11) is 4.20. The Kier molecular flexibility index (Phi) is 6.34. The van der Waals surface area contributed by atoms with Crippen molar-refractivity contribution in [3.63, 3.8) is 0 Å². The Morgan fingerprint density at radius 3 is 2.68 bits per heavy atom. The Labute approximate surface area is 121 Å². The quantitative estimate of drug-likeness (QED) is 0.767. The third-order valence-corrected chi connectivity index (χ3v) is 3.33. The number of pyridine rings is 1. The lowest BCUT2D eigenvalue weighted by Crippen LogP contribution is -2.39. The van der Waals surface area contributed by atoms with E-state index in [2.05, 4.69) is 42.7 Å². The van der Waals surface area contributed by atoms with Crippen LogP contribution in [0.5, 0.6) is 0 Å². The van der Waals surface area contributed by atoms with Crippen LogP contribution in [0, 0.1) is 0 Å². The minimum absolute atomic E-state index is 0.353. The third-order valence-electron chi connectivity index (χ3n) is 3.12. The second kappa shape index (κ2) is 7.53. The summed E-state index contributed by atoms with van der Waals surface area (Å²) in [6.45, 7) is 7.38. The van der Waals surface area contributed by atoms with E-state index in [9.17, 15) is 0 Å². The fraction of sp³-hybridized carbons (Fsp3) is 0.571. The monoisotopic (exact) mass is 280 g/mol. The number of thiocarbonyl (C=S) groups is 1. The lowest BCUT2D eigenvalue weighted by atomic mass is 10.1. The van der Waals surface area contributed by atoms with Gasteiger partial charge in [-0.05, 0) is 45.3 Å². The maximum absolute atomic E-state index is 5.62. The largest absolute Gasteiger partial charge is 0.388 e. The summed E-state index contributed by atoms with van der Waals surface area (Å²) < 4.78 is 0. The molecule has 0 aromatic carbocycles. The number of hydrogen-bond acceptors (Lipinski definition) is 4. The van der Waals surface area contributed by atoms with Crippen LogP contribution in [0.4, 0.5) is 0 Å². The summed E-state index contributed by atoms with van der Waals surface area (Å²) in [6, 6.07) is 4.50. The van der Waals surface area contributed by atoms with Gasteiger partial charge in [-0.2, -0.15) is 0 Å². The molecule has 1 aromatic heterocycles. The first-order valence-corrected chi connectivity index (χ1v) is 6.98. The van der Waals surface area contributed by atoms with Crippen molar-refractivity contribution in [1.82, 2.24) is 14.8 Å². The van der Waals surface area contributed by atoms with E-state index in [1.54, 1.807) is 6.20 Å². The first-order chi connectivity index (χ1) is 8.93. The number of rotatable bonds is 7. The highest BCUT2D eigenvalue weighted by molar-refractivity contribution is 7.80. The number of nitrogens with two attached hydrogens (primary N) is 1. The summed E-state index contributed by atoms with van der Waals surface area (Å²) >= 11 is 4.97. The van der Waals surface area contributed by atoms with Crippen LogP contribution in [-0.4, -0.2) is 53.0 Å². The molecule has 0 aliphatic heterocycles. The third kappa shape index (κ3) is 5.22. The first kappa shape index (κ1) is 16.0. The minimum Gasteiger partial charge on any atom is -0.388 e. The molecular weight excluding hydrogens is 256 g/mol. The number of nitrogens with zero attached hydrogens (tertiary/aromatic N) is 3. The number of aromatic nitrogens is 1. The molecule has 5 heteroatoms. The van der Waals surface area contributed by atoms with Crippen molar-refractivity contribution in [3.8, 4) is 0 Å². The predicted octanol–water partition coefficient (Wildman–Crippen LogP) is 1.49. The van der Waals surface area contributed by atoms with Crippen molar-refractivity contribution < 1.29 is 0 Å². The van der Waals surface area contributed by atoms with Crippen LogP contribution in [0.1, 0.15) is 25.1 Å². The maximum atomic E-state index is 5.62. The van der Waals surface area contributed by atoms with E-state index in [0.717, 1.165) is 19.6 Å². The van der Waals surface area contributed by atoms with Gasteiger partial charge >= 0.3 is 0 Å². The molecule has 0 fully saturated rings. The van der Waals surface area contributed by atoms with Crippen molar-refractivity contribution in [2.75, 3.05) is 27.2 Å². The Hall–Kier alpha value is -1.04. The molecular formula is C14H24N4S. The molecule has 106 valence electrons. The molecule has 1 aromatic rings. The van der Waals surface area contributed by atoms with Crippen LogP contribution in [0.25, 0.3) is 0 Å². The van der Waals surface area contributed by atoms with Crippen LogP contribution < -0.4 is 5.73 Å². The molecule has 4 nitrogen and oxygen atoms in total. The van der Waals surface area contributed by atoms with Gasteiger partial charge in [-0.1, -0.05) is 19.1 Å². The van der Waals surface area contributed by atoms with Gasteiger partial charge < -0.3 is 10.6 Å². The van der Waals surface area contributed by atoms with Crippen molar-refractivity contribution in [3.05, 3.63) is 29.6 Å². The van der Waals surface area contributed by atoms with Crippen LogP contribution in [0.15, 0.2) is 18.3 Å². The standard InChI is InChI=1S/C14H24N4S/c1-5-18(11(2)9-17(3)4)10-12-6-7-16-13(8-12)14(15)19/h6-8,11H,5,9-10H2,1-4H3,(H2,15,19). The molecule has 19 heavy (non-hydrogen) atoms. The molecule has 0 radical (unpaired) electrons. The summed E-state index contributed by atoms with van der Waals surface area (Å²) in [4.78, 5) is 9.16. The zero-order valence-electron chi connectivity index (χ0n) is 12.3. The average Bonchev–Trinajstić information content (AvgIpc) is 2.35. The molecule has 0 saturated heterocycles. The molecule has 0 aliphatic rings. The molecule has 2 N–H and O–H groups in total. The van der Waals surface area contributed by atoms with Crippen molar-refractivity contribution in [2.45, 2.75) is 26.4 Å². The molecule has 1 heterocycles. The second-order valence-corrected chi connectivity index (χ2v) is 5.53. The molecule has 0 spiro atoms. The van der Waals surface area contributed by atoms with Gasteiger partial charge in [0.25, 0.3) is 0 Å². The number of likely N-dealkylation sites (N-methyl/N-ethyl adjacent to an activating group) is 2. The van der Waals surface area contributed by atoms with E-state index in [4.69, 9.17) is 18.0 Å². The van der Waals surface area contributed by atoms with E-state index in [-0.39, 0.29) is 0 Å². The van der Waals surface area contributed by atoms with Gasteiger partial charge in [-0.3, -0.25) is 9.88 Å². The van der Waals surface area contributed by atoms with Gasteiger partial charge in [0.2, 0.25) is 0 Å². The van der Waals surface area contributed by atoms with E-state index in [1.165, 1.54) is 5.56 Å². The summed E-state index contributed by atoms with van der Waals surface area (Å²) in [5.74, 6) is 0. The molecule has 0 amide bonds. The normalized spacial score (nSPS) is 12.9. The van der Waals surface area contributed by atoms with E-state index >= 15 is 0 Å². The molecule has 1 unspecified atom stereocenters. The predicted molar refractivity (Wildman–Crippen MR) is 84.2 cm³/mol. The second-order valence-electron chi connectivity index (χ2n) is 5.09. The molecule has 0 saturated carbocycles. The summed E-state index contributed by atoms with van der Waals surface area (Å²) in [6.07, 6.45) is 1.77. The molecule has 0 aliphatic carbocycles. The van der Waals surface area contributed by atoms with Crippen molar-refractivity contribution in [2.24, 2.45) is 5.73 Å². The zero-order valence-corrected chi connectivity index (χ0v) is 13.1. The fourth-order valence-electron chi connectivity index (χ4n) is 2.17. The van der Waals surface area contributed by atoms with Gasteiger partial charge in [-0.15, -0.1) is 0 Å². The smallest absolute Gasteiger partial charge is 0.122 e. The average molecular weight is 280 g/mol. The zero-order chi connectivity index (χ0) is 14.4. The molecule has 1 atom stereocenters. The Morgan fingerprint density at radius 1 is 1.47 bits per heavy atom. The van der Waals surface area contributed by atoms with Gasteiger partial charge in [0.15, 0.2) is 0 Å². The van der Waals surface area contributed by atoms with Gasteiger partial charge in [0.1, 0.15) is 4.99 Å². The fourth-order valence-corrected chi connectivity index (χ4v) is 2.28. The highest BCUT2D eigenvalue weighted by Crippen LogP contribution is 2.09. The number of hydrogen-bond donors (Lipinski definition) is 1. The Morgan fingerprint density at radius 2 is 2.16 bits per heavy atom. The van der Waals surface area contributed by atoms with E-state index < -0.39 is 0 Å². The lowest BCUT2D eigenvalue weighted by Gasteiger charge is -2.30. The van der Waals surface area contributed by atoms with Gasteiger partial charge in [0, 0.05) is 25.3 Å². The van der Waals surface area contributed by atoms with Gasteiger partial charge in [-0.25, -0.2) is 0 Å². The first-order valence-electron chi connectivity index (χ1n) is 6.57. The van der Waals surface area contributed by atoms with Crippen LogP contribution in [0.2, 0.25) is 0 Å². The molecule has 0 bridgehead atoms. The van der Waals surface area contributed by atoms with Gasteiger partial charge in [0.05, 0.1) is 5.69 Å². The SMILES string of the molecule is CCN(Cc1ccnc(C(N)=S)c1)C(C)CN(C)C. The van der Waals surface area contributed by atoms with Crippen molar-refractivity contribution in [1.29, 1.82) is 0 Å².